The van der Waals surface area contributed by atoms with E-state index in [-0.39, 0.29) is 140 Å². The van der Waals surface area contributed by atoms with Crippen molar-refractivity contribution < 1.29 is 123 Å². The van der Waals surface area contributed by atoms with Gasteiger partial charge in [0, 0.05) is 62.0 Å². The zero-order valence-corrected chi connectivity index (χ0v) is 61.9. The van der Waals surface area contributed by atoms with Crippen molar-refractivity contribution in [3.8, 4) is 23.0 Å². The van der Waals surface area contributed by atoms with Crippen LogP contribution in [0.5, 0.6) is 23.0 Å². The third-order valence-electron chi connectivity index (χ3n) is 13.8. The molecular weight excluding hydrogens is 1550 g/mol. The van der Waals surface area contributed by atoms with Crippen LogP contribution >= 0.6 is 46.4 Å². The number of methoxy groups -OCH3 is 4. The maximum atomic E-state index is 12.8. The lowest BCUT2D eigenvalue weighted by Gasteiger charge is -2.12. The number of hydrogen-bond acceptors (Lipinski definition) is 25. The first kappa shape index (κ1) is 106. The molecule has 39 heteroatoms. The van der Waals surface area contributed by atoms with Crippen LogP contribution in [0.2, 0.25) is 20.1 Å². The number of para-hydroxylation sites is 2. The summed E-state index contributed by atoms with van der Waals surface area (Å²) in [6, 6.07) is 20.8. The molecule has 2 unspecified atom stereocenters. The zero-order valence-electron chi connectivity index (χ0n) is 58.8. The number of hydrogen-bond donors (Lipinski definition) is 2. The van der Waals surface area contributed by atoms with Gasteiger partial charge in [-0.2, -0.15) is 18.9 Å². The van der Waals surface area contributed by atoms with Gasteiger partial charge in [0.2, 0.25) is 11.6 Å². The number of amides is 10. The van der Waals surface area contributed by atoms with Crippen LogP contribution in [0.15, 0.2) is 72.8 Å². The van der Waals surface area contributed by atoms with E-state index in [1.807, 2.05) is 24.3 Å². The molecule has 5 aromatic carbocycles. The SMILES string of the molecule is C.C.C.C.C.CNCC(=O)ON1C(=O)CC(C)C1=O.CNCC(=O)ON1C(=O)CCC1=O.CON1C(=O)CC(C)C1=O.CON1C(=O)CCC1=O.CON1C(=O)c2ccccc2C1=O.COc1c(Cl)c(Cl)c(C)c(Cl)c1Cl.COc1c(F)c(F)c(C)c(F)c1F.COc1ccc(C)cc1.COc1ccccc1[N+](=O)[O-]. The van der Waals surface area contributed by atoms with Gasteiger partial charge in [-0.25, -0.2) is 18.4 Å². The third-order valence-corrected chi connectivity index (χ3v) is 15.7. The summed E-state index contributed by atoms with van der Waals surface area (Å²) in [7, 11) is 12.5. The van der Waals surface area contributed by atoms with Crippen molar-refractivity contribution in [1.29, 1.82) is 0 Å². The number of nitrogens with zero attached hydrogens (tertiary/aromatic N) is 6. The molecule has 612 valence electrons. The Bertz CT molecular complexity index is 3800. The maximum Gasteiger partial charge on any atom is 0.346 e. The molecule has 0 aliphatic carbocycles. The van der Waals surface area contributed by atoms with Crippen molar-refractivity contribution in [3.63, 3.8) is 0 Å². The lowest BCUT2D eigenvalue weighted by atomic mass is 10.1. The van der Waals surface area contributed by atoms with Gasteiger partial charge in [-0.05, 0) is 70.8 Å². The number of carbonyl (C=O) groups excluding carboxylic acids is 12. The summed E-state index contributed by atoms with van der Waals surface area (Å²) in [6.07, 6.45) is 1.18. The number of carbonyl (C=O) groups is 12. The Morgan fingerprint density at radius 1 is 0.464 bits per heavy atom. The molecule has 5 heterocycles. The molecule has 0 radical (unpaired) electrons. The first-order valence-corrected chi connectivity index (χ1v) is 31.9. The number of halogens is 8. The molecule has 2 atom stereocenters. The van der Waals surface area contributed by atoms with Gasteiger partial charge in [-0.3, -0.25) is 72.6 Å². The summed E-state index contributed by atoms with van der Waals surface area (Å²) >= 11 is 23.5. The fourth-order valence-electron chi connectivity index (χ4n) is 8.36. The second kappa shape index (κ2) is 52.2. The number of nitrogens with one attached hydrogen (secondary N) is 2. The van der Waals surface area contributed by atoms with E-state index in [4.69, 9.17) is 60.6 Å². The van der Waals surface area contributed by atoms with E-state index < -0.39 is 92.8 Å². The largest absolute Gasteiger partial charge is 0.497 e. The molecule has 4 fully saturated rings. The number of fused-ring (bicyclic) bond motifs is 1. The topological polar surface area (TPSA) is 371 Å². The summed E-state index contributed by atoms with van der Waals surface area (Å²) in [4.78, 5) is 164. The molecule has 31 nitrogen and oxygen atoms in total. The van der Waals surface area contributed by atoms with Crippen LogP contribution in [-0.2, 0) is 72.1 Å². The molecule has 5 aromatic rings. The Kier molecular flexibility index (Phi) is 50.5. The van der Waals surface area contributed by atoms with Crippen molar-refractivity contribution in [2.75, 3.05) is 77.0 Å². The summed E-state index contributed by atoms with van der Waals surface area (Å²) in [5, 5.41) is 20.2. The highest BCUT2D eigenvalue weighted by atomic mass is 35.5. The summed E-state index contributed by atoms with van der Waals surface area (Å²) in [5.41, 5.74) is 2.00. The minimum absolute atomic E-state index is 0. The van der Waals surface area contributed by atoms with Gasteiger partial charge >= 0.3 is 17.6 Å². The van der Waals surface area contributed by atoms with Crippen LogP contribution in [0.25, 0.3) is 0 Å². The van der Waals surface area contributed by atoms with Gasteiger partial charge in [0.1, 0.15) is 15.8 Å². The molecule has 0 aromatic heterocycles. The highest BCUT2D eigenvalue weighted by molar-refractivity contribution is 6.49. The van der Waals surface area contributed by atoms with Gasteiger partial charge in [0.05, 0.1) is 89.0 Å². The van der Waals surface area contributed by atoms with E-state index in [0.717, 1.165) is 35.0 Å². The molecule has 110 heavy (non-hydrogen) atoms. The molecular formula is C71H94Cl4F4N8O23. The Labute approximate surface area is 655 Å². The highest BCUT2D eigenvalue weighted by Gasteiger charge is 2.40. The van der Waals surface area contributed by atoms with E-state index in [0.29, 0.717) is 42.6 Å². The highest BCUT2D eigenvalue weighted by Crippen LogP contribution is 2.45. The average molecular weight is 1650 g/mol. The minimum Gasteiger partial charge on any atom is -0.497 e. The summed E-state index contributed by atoms with van der Waals surface area (Å²) < 4.78 is 70.0. The molecule has 5 aliphatic rings. The Hall–Kier alpha value is -9.98. The molecule has 4 saturated heterocycles. The fraction of sp³-hybridized carbons (Fsp3) is 0.408. The predicted molar refractivity (Wildman–Crippen MR) is 398 cm³/mol. The molecule has 0 bridgehead atoms. The predicted octanol–water partition coefficient (Wildman–Crippen LogP) is 12.3. The molecule has 0 spiro atoms. The molecule has 5 aliphatic heterocycles. The van der Waals surface area contributed by atoms with Crippen LogP contribution in [0.4, 0.5) is 23.2 Å². The number of aryl methyl sites for hydroxylation is 1. The number of rotatable bonds is 14. The van der Waals surface area contributed by atoms with Crippen molar-refractivity contribution in [1.82, 2.24) is 35.9 Å². The van der Waals surface area contributed by atoms with Crippen LogP contribution in [0, 0.1) is 66.0 Å². The smallest absolute Gasteiger partial charge is 0.346 e. The van der Waals surface area contributed by atoms with Crippen LogP contribution in [-0.4, -0.2) is 178 Å². The van der Waals surface area contributed by atoms with E-state index in [1.165, 1.54) is 47.2 Å². The second-order valence-corrected chi connectivity index (χ2v) is 22.7. The quantitative estimate of drug-likeness (QED) is 0.0343. The third kappa shape index (κ3) is 29.8. The normalized spacial score (nSPS) is 14.5. The maximum absolute atomic E-state index is 12.8. The van der Waals surface area contributed by atoms with Gasteiger partial charge in [0.25, 0.3) is 59.1 Å². The van der Waals surface area contributed by atoms with Gasteiger partial charge < -0.3 is 39.3 Å². The fourth-order valence-corrected chi connectivity index (χ4v) is 9.45. The van der Waals surface area contributed by atoms with Gasteiger partial charge in [-0.15, -0.1) is 15.2 Å². The van der Waals surface area contributed by atoms with E-state index in [9.17, 15) is 85.2 Å². The van der Waals surface area contributed by atoms with Crippen LogP contribution in [0.3, 0.4) is 0 Å². The number of likely N-dealkylation sites (N-methyl/N-ethyl adjacent to an activating group) is 2. The summed E-state index contributed by atoms with van der Waals surface area (Å²) in [5.74, 6) is -11.0. The standard InChI is InChI=1S/C9H7NO3.C8H6Cl4O.C8H6F4O.C8H12N2O4.C8H10O.C7H10N2O4.C7H7NO3.C6H9NO3.C5H7NO3.5CH4/c1-13-10-8(11)6-4-2-3-5-7(6)9(10)12;2*1-3-4(9)6(11)8(13-2)7(12)5(3)10;1-5-3-6(11)10(8(5)13)14-7(12)4-9-2;1-7-3-5-8(9-2)6-4-7;1-8-4-7(12)13-9-5(10)2-3-6(9)11;1-11-7-5-3-2-4-6(7)8(9)10;1-4-3-5(8)7(10-2)6(4)9;1-9-6-4(7)2-3-5(6)8;;;;;/h2-5H,1H3;2*1-2H3;5,9H,3-4H2,1-2H3;3-6H,1-2H3;8H,2-4H2,1H3;2-5H,1H3;4H,3H2,1-2H3;2-3H2,1H3;5*1H4. The molecule has 2 N–H and O–H groups in total. The van der Waals surface area contributed by atoms with E-state index in [1.54, 1.807) is 84.4 Å². The number of imide groups is 5. The second-order valence-electron chi connectivity index (χ2n) is 21.2. The zero-order chi connectivity index (χ0) is 79.9. The van der Waals surface area contributed by atoms with E-state index >= 15 is 0 Å². The molecule has 10 rings (SSSR count). The van der Waals surface area contributed by atoms with Crippen LogP contribution in [0.1, 0.15) is 127 Å². The minimum atomic E-state index is -1.51. The van der Waals surface area contributed by atoms with Crippen molar-refractivity contribution >= 4 is 123 Å². The van der Waals surface area contributed by atoms with Crippen LogP contribution < -0.4 is 29.6 Å². The summed E-state index contributed by atoms with van der Waals surface area (Å²) in [6.45, 7) is 7.99. The number of benzene rings is 5. The average Bonchev–Trinajstić information content (AvgIpc) is 1.71. The first-order chi connectivity index (χ1) is 49.5. The number of ether oxygens (including phenoxy) is 4. The number of hydroxylamine groups is 10. The monoisotopic (exact) mass is 1640 g/mol. The lowest BCUT2D eigenvalue weighted by Crippen LogP contribution is -2.36. The number of nitro groups is 1. The lowest BCUT2D eigenvalue weighted by molar-refractivity contribution is -0.385. The molecule has 0 saturated carbocycles. The Morgan fingerprint density at radius 2 is 0.827 bits per heavy atom. The Morgan fingerprint density at radius 3 is 1.14 bits per heavy atom. The number of nitro benzene ring substituents is 1. The first-order valence-electron chi connectivity index (χ1n) is 30.3. The Balaban J connectivity index is -0.000000573. The van der Waals surface area contributed by atoms with Gasteiger partial charge in [0.15, 0.2) is 28.9 Å². The van der Waals surface area contributed by atoms with Crippen molar-refractivity contribution in [3.05, 3.63) is 154 Å². The molecule has 10 amide bonds. The van der Waals surface area contributed by atoms with Crippen molar-refractivity contribution in [2.45, 2.75) is 110 Å². The van der Waals surface area contributed by atoms with Crippen molar-refractivity contribution in [2.24, 2.45) is 11.8 Å². The van der Waals surface area contributed by atoms with E-state index in [2.05, 4.69) is 46.5 Å². The van der Waals surface area contributed by atoms with Gasteiger partial charge in [-0.1, -0.05) is 139 Å².